The van der Waals surface area contributed by atoms with Crippen LogP contribution in [-0.4, -0.2) is 19.2 Å². The van der Waals surface area contributed by atoms with Crippen molar-refractivity contribution in [3.63, 3.8) is 0 Å². The number of ether oxygens (including phenoxy) is 2. The van der Waals surface area contributed by atoms with Crippen molar-refractivity contribution >= 4 is 5.97 Å². The normalized spacial score (nSPS) is 9.58. The van der Waals surface area contributed by atoms with E-state index in [1.807, 2.05) is 13.8 Å². The summed E-state index contributed by atoms with van der Waals surface area (Å²) in [5.41, 5.74) is 2.57. The standard InChI is InChI=1S/C15H17NO3/c1-5-18-15(17)12(4)9-19-14-10(2)6-13(8-16)7-11(14)3/h6-7H,4-5,9H2,1-3H3. The van der Waals surface area contributed by atoms with Crippen LogP contribution in [0, 0.1) is 25.2 Å². The minimum Gasteiger partial charge on any atom is -0.488 e. The summed E-state index contributed by atoms with van der Waals surface area (Å²) in [6, 6.07) is 5.58. The van der Waals surface area contributed by atoms with Gasteiger partial charge in [0.15, 0.2) is 0 Å². The van der Waals surface area contributed by atoms with Crippen molar-refractivity contribution < 1.29 is 14.3 Å². The molecule has 0 spiro atoms. The molecule has 0 aromatic heterocycles. The van der Waals surface area contributed by atoms with Gasteiger partial charge >= 0.3 is 5.97 Å². The molecule has 100 valence electrons. The Balaban J connectivity index is 2.77. The molecule has 0 aliphatic rings. The lowest BCUT2D eigenvalue weighted by molar-refractivity contribution is -0.138. The van der Waals surface area contributed by atoms with Crippen molar-refractivity contribution in [1.29, 1.82) is 5.26 Å². The third kappa shape index (κ3) is 3.85. The Kier molecular flexibility index (Phi) is 5.13. The smallest absolute Gasteiger partial charge is 0.336 e. The summed E-state index contributed by atoms with van der Waals surface area (Å²) in [6.45, 7) is 9.47. The molecular formula is C15H17NO3. The summed E-state index contributed by atoms with van der Waals surface area (Å²) in [6.07, 6.45) is 0. The number of hydrogen-bond donors (Lipinski definition) is 0. The lowest BCUT2D eigenvalue weighted by Gasteiger charge is -2.13. The van der Waals surface area contributed by atoms with Crippen LogP contribution in [0.25, 0.3) is 0 Å². The molecule has 0 radical (unpaired) electrons. The van der Waals surface area contributed by atoms with Gasteiger partial charge in [0.25, 0.3) is 0 Å². The van der Waals surface area contributed by atoms with Crippen molar-refractivity contribution in [3.05, 3.63) is 41.0 Å². The Morgan fingerprint density at radius 1 is 1.37 bits per heavy atom. The van der Waals surface area contributed by atoms with E-state index in [4.69, 9.17) is 14.7 Å². The predicted octanol–water partition coefficient (Wildman–Crippen LogP) is 2.67. The molecule has 0 bridgehead atoms. The molecule has 1 aromatic carbocycles. The summed E-state index contributed by atoms with van der Waals surface area (Å²) in [5, 5.41) is 8.86. The molecule has 0 saturated heterocycles. The zero-order chi connectivity index (χ0) is 14.4. The van der Waals surface area contributed by atoms with Crippen molar-refractivity contribution in [2.45, 2.75) is 20.8 Å². The fourth-order valence-corrected chi connectivity index (χ4v) is 1.69. The third-order valence-corrected chi connectivity index (χ3v) is 2.54. The Bertz CT molecular complexity index is 518. The van der Waals surface area contributed by atoms with Crippen molar-refractivity contribution in [3.8, 4) is 11.8 Å². The summed E-state index contributed by atoms with van der Waals surface area (Å²) >= 11 is 0. The van der Waals surface area contributed by atoms with Gasteiger partial charge in [0.1, 0.15) is 12.4 Å². The second-order valence-corrected chi connectivity index (χ2v) is 4.16. The van der Waals surface area contributed by atoms with E-state index in [9.17, 15) is 4.79 Å². The zero-order valence-electron chi connectivity index (χ0n) is 11.4. The maximum atomic E-state index is 11.4. The first-order valence-electron chi connectivity index (χ1n) is 5.98. The molecule has 0 heterocycles. The molecule has 0 fully saturated rings. The van der Waals surface area contributed by atoms with Crippen LogP contribution in [0.5, 0.6) is 5.75 Å². The van der Waals surface area contributed by atoms with Crippen LogP contribution < -0.4 is 4.74 Å². The topological polar surface area (TPSA) is 59.3 Å². The van der Waals surface area contributed by atoms with Crippen LogP contribution in [0.1, 0.15) is 23.6 Å². The quantitative estimate of drug-likeness (QED) is 0.602. The molecule has 0 atom stereocenters. The number of carbonyl (C=O) groups is 1. The van der Waals surface area contributed by atoms with E-state index < -0.39 is 5.97 Å². The van der Waals surface area contributed by atoms with Crippen LogP contribution in [-0.2, 0) is 9.53 Å². The number of nitrogens with zero attached hydrogens (tertiary/aromatic N) is 1. The Morgan fingerprint density at radius 2 is 1.95 bits per heavy atom. The van der Waals surface area contributed by atoms with Crippen LogP contribution in [0.15, 0.2) is 24.3 Å². The first-order chi connectivity index (χ1) is 8.99. The molecule has 0 aliphatic carbocycles. The van der Waals surface area contributed by atoms with E-state index in [-0.39, 0.29) is 12.2 Å². The SMILES string of the molecule is C=C(COc1c(C)cc(C#N)cc1C)C(=O)OCC. The first-order valence-corrected chi connectivity index (χ1v) is 5.98. The molecule has 0 amide bonds. The first kappa shape index (κ1) is 14.8. The van der Waals surface area contributed by atoms with Gasteiger partial charge in [-0.1, -0.05) is 6.58 Å². The summed E-state index contributed by atoms with van der Waals surface area (Å²) in [5.74, 6) is 0.218. The minimum atomic E-state index is -0.452. The van der Waals surface area contributed by atoms with Gasteiger partial charge in [-0.25, -0.2) is 4.79 Å². The van der Waals surface area contributed by atoms with E-state index in [0.29, 0.717) is 17.9 Å². The van der Waals surface area contributed by atoms with Crippen molar-refractivity contribution in [2.75, 3.05) is 13.2 Å². The molecular weight excluding hydrogens is 242 g/mol. The second-order valence-electron chi connectivity index (χ2n) is 4.16. The number of aryl methyl sites for hydroxylation is 2. The van der Waals surface area contributed by atoms with E-state index >= 15 is 0 Å². The highest BCUT2D eigenvalue weighted by Crippen LogP contribution is 2.25. The summed E-state index contributed by atoms with van der Waals surface area (Å²) < 4.78 is 10.4. The summed E-state index contributed by atoms with van der Waals surface area (Å²) in [4.78, 5) is 11.4. The Labute approximate surface area is 113 Å². The molecule has 0 N–H and O–H groups in total. The fraction of sp³-hybridized carbons (Fsp3) is 0.333. The largest absolute Gasteiger partial charge is 0.488 e. The molecule has 0 aliphatic heterocycles. The minimum absolute atomic E-state index is 0.0758. The van der Waals surface area contributed by atoms with Gasteiger partial charge in [-0.3, -0.25) is 0 Å². The van der Waals surface area contributed by atoms with E-state index in [1.54, 1.807) is 19.1 Å². The van der Waals surface area contributed by atoms with Gasteiger partial charge in [-0.05, 0) is 44.0 Å². The highest BCUT2D eigenvalue weighted by molar-refractivity contribution is 5.88. The van der Waals surface area contributed by atoms with Gasteiger partial charge in [-0.2, -0.15) is 5.26 Å². The van der Waals surface area contributed by atoms with Gasteiger partial charge < -0.3 is 9.47 Å². The van der Waals surface area contributed by atoms with Crippen LogP contribution in [0.2, 0.25) is 0 Å². The molecule has 0 unspecified atom stereocenters. The number of carbonyl (C=O) groups excluding carboxylic acids is 1. The highest BCUT2D eigenvalue weighted by Gasteiger charge is 2.11. The van der Waals surface area contributed by atoms with Crippen LogP contribution >= 0.6 is 0 Å². The van der Waals surface area contributed by atoms with Crippen molar-refractivity contribution in [1.82, 2.24) is 0 Å². The second kappa shape index (κ2) is 6.60. The number of benzene rings is 1. The molecule has 4 heteroatoms. The summed E-state index contributed by atoms with van der Waals surface area (Å²) in [7, 11) is 0. The van der Waals surface area contributed by atoms with E-state index in [0.717, 1.165) is 11.1 Å². The average molecular weight is 259 g/mol. The maximum absolute atomic E-state index is 11.4. The number of rotatable bonds is 5. The van der Waals surface area contributed by atoms with Crippen molar-refractivity contribution in [2.24, 2.45) is 0 Å². The Hall–Kier alpha value is -2.28. The zero-order valence-corrected chi connectivity index (χ0v) is 11.4. The van der Waals surface area contributed by atoms with Gasteiger partial charge in [0, 0.05) is 0 Å². The van der Waals surface area contributed by atoms with Crippen LogP contribution in [0.3, 0.4) is 0 Å². The third-order valence-electron chi connectivity index (χ3n) is 2.54. The number of esters is 1. The molecule has 1 aromatic rings. The van der Waals surface area contributed by atoms with Gasteiger partial charge in [0.2, 0.25) is 0 Å². The van der Waals surface area contributed by atoms with E-state index in [1.165, 1.54) is 0 Å². The van der Waals surface area contributed by atoms with Gasteiger partial charge in [-0.15, -0.1) is 0 Å². The number of hydrogen-bond acceptors (Lipinski definition) is 4. The highest BCUT2D eigenvalue weighted by atomic mass is 16.5. The van der Waals surface area contributed by atoms with Gasteiger partial charge in [0.05, 0.1) is 23.8 Å². The van der Waals surface area contributed by atoms with Crippen LogP contribution in [0.4, 0.5) is 0 Å². The lowest BCUT2D eigenvalue weighted by Crippen LogP contribution is -2.14. The van der Waals surface area contributed by atoms with E-state index in [2.05, 4.69) is 12.6 Å². The molecule has 19 heavy (non-hydrogen) atoms. The maximum Gasteiger partial charge on any atom is 0.336 e. The molecule has 4 nitrogen and oxygen atoms in total. The monoisotopic (exact) mass is 259 g/mol. The number of nitriles is 1. The Morgan fingerprint density at radius 3 is 2.42 bits per heavy atom. The average Bonchev–Trinajstić information content (AvgIpc) is 2.37. The lowest BCUT2D eigenvalue weighted by atomic mass is 10.1. The molecule has 1 rings (SSSR count). The fourth-order valence-electron chi connectivity index (χ4n) is 1.69. The predicted molar refractivity (Wildman–Crippen MR) is 71.9 cm³/mol. The molecule has 0 saturated carbocycles.